The lowest BCUT2D eigenvalue weighted by Crippen LogP contribution is -2.27. The first kappa shape index (κ1) is 15.8. The Hall–Kier alpha value is -2.54. The number of halogens is 2. The maximum atomic E-state index is 13.2. The van der Waals surface area contributed by atoms with Gasteiger partial charge in [0.1, 0.15) is 0 Å². The molecule has 2 rings (SSSR count). The smallest absolute Gasteiger partial charge is 0.253 e. The Morgan fingerprint density at radius 2 is 2.00 bits per heavy atom. The summed E-state index contributed by atoms with van der Waals surface area (Å²) in [6.45, 7) is 0.794. The topological polar surface area (TPSA) is 63.2 Å². The lowest BCUT2D eigenvalue weighted by molar-refractivity contribution is 0.0937. The standard InChI is InChI=1S/C15H15F2N3O2/c1-22-5-4-19-15(21)10-6-12(9-18-8-10)20-11-2-3-13(16)14(17)7-11/h2-3,6-9,20H,4-5H2,1H3,(H,19,21). The summed E-state index contributed by atoms with van der Waals surface area (Å²) >= 11 is 0. The second kappa shape index (κ2) is 7.46. The number of ether oxygens (including phenoxy) is 1. The van der Waals surface area contributed by atoms with Gasteiger partial charge in [0.2, 0.25) is 0 Å². The fourth-order valence-corrected chi connectivity index (χ4v) is 1.74. The summed E-state index contributed by atoms with van der Waals surface area (Å²) in [6, 6.07) is 5.01. The van der Waals surface area contributed by atoms with Crippen LogP contribution in [0, 0.1) is 11.6 Å². The maximum Gasteiger partial charge on any atom is 0.253 e. The zero-order valence-corrected chi connectivity index (χ0v) is 11.9. The van der Waals surface area contributed by atoms with Crippen molar-refractivity contribution < 1.29 is 18.3 Å². The summed E-state index contributed by atoms with van der Waals surface area (Å²) in [7, 11) is 1.54. The minimum absolute atomic E-state index is 0.293. The normalized spacial score (nSPS) is 10.3. The molecule has 0 aliphatic rings. The third-order valence-electron chi connectivity index (χ3n) is 2.80. The Bertz CT molecular complexity index is 665. The molecule has 0 radical (unpaired) electrons. The van der Waals surface area contributed by atoms with E-state index in [4.69, 9.17) is 4.74 Å². The van der Waals surface area contributed by atoms with Gasteiger partial charge < -0.3 is 15.4 Å². The molecule has 1 aromatic carbocycles. The van der Waals surface area contributed by atoms with Gasteiger partial charge in [0, 0.05) is 31.6 Å². The van der Waals surface area contributed by atoms with Crippen molar-refractivity contribution in [1.29, 1.82) is 0 Å². The van der Waals surface area contributed by atoms with Crippen LogP contribution in [0.2, 0.25) is 0 Å². The van der Waals surface area contributed by atoms with Gasteiger partial charge in [-0.05, 0) is 18.2 Å². The molecular formula is C15H15F2N3O2. The SMILES string of the molecule is COCCNC(=O)c1cncc(Nc2ccc(F)c(F)c2)c1. The predicted octanol–water partition coefficient (Wildman–Crippen LogP) is 2.48. The van der Waals surface area contributed by atoms with Crippen LogP contribution in [0.15, 0.2) is 36.7 Å². The number of anilines is 2. The van der Waals surface area contributed by atoms with Crippen molar-refractivity contribution in [3.8, 4) is 0 Å². The average Bonchev–Trinajstić information content (AvgIpc) is 2.51. The molecule has 0 aliphatic heterocycles. The first-order valence-electron chi connectivity index (χ1n) is 6.54. The van der Waals surface area contributed by atoms with Gasteiger partial charge in [-0.15, -0.1) is 0 Å². The second-order valence-electron chi connectivity index (χ2n) is 4.46. The van der Waals surface area contributed by atoms with Crippen LogP contribution in [0.3, 0.4) is 0 Å². The van der Waals surface area contributed by atoms with E-state index in [2.05, 4.69) is 15.6 Å². The van der Waals surface area contributed by atoms with Crippen molar-refractivity contribution in [2.75, 3.05) is 25.6 Å². The molecule has 5 nitrogen and oxygen atoms in total. The summed E-state index contributed by atoms with van der Waals surface area (Å²) in [5.41, 5.74) is 1.20. The first-order valence-corrected chi connectivity index (χ1v) is 6.54. The summed E-state index contributed by atoms with van der Waals surface area (Å²) in [4.78, 5) is 15.8. The number of hydrogen-bond donors (Lipinski definition) is 2. The lowest BCUT2D eigenvalue weighted by Gasteiger charge is -2.09. The van der Waals surface area contributed by atoms with E-state index in [1.54, 1.807) is 13.2 Å². The predicted molar refractivity (Wildman–Crippen MR) is 78.1 cm³/mol. The molecule has 0 aliphatic carbocycles. The Morgan fingerprint density at radius 1 is 1.18 bits per heavy atom. The Kier molecular flexibility index (Phi) is 5.37. The Balaban J connectivity index is 2.07. The number of methoxy groups -OCH3 is 1. The van der Waals surface area contributed by atoms with Crippen molar-refractivity contribution in [3.05, 3.63) is 53.9 Å². The lowest BCUT2D eigenvalue weighted by atomic mass is 10.2. The zero-order chi connectivity index (χ0) is 15.9. The van der Waals surface area contributed by atoms with Crippen molar-refractivity contribution in [3.63, 3.8) is 0 Å². The molecule has 0 fully saturated rings. The third-order valence-corrected chi connectivity index (χ3v) is 2.80. The van der Waals surface area contributed by atoms with Crippen LogP contribution in [-0.4, -0.2) is 31.2 Å². The van der Waals surface area contributed by atoms with Crippen molar-refractivity contribution in [2.24, 2.45) is 0 Å². The molecule has 22 heavy (non-hydrogen) atoms. The molecule has 1 amide bonds. The van der Waals surface area contributed by atoms with Crippen molar-refractivity contribution in [1.82, 2.24) is 10.3 Å². The molecule has 7 heteroatoms. The zero-order valence-electron chi connectivity index (χ0n) is 11.9. The van der Waals surface area contributed by atoms with Gasteiger partial charge in [-0.25, -0.2) is 8.78 Å². The Morgan fingerprint density at radius 3 is 2.73 bits per heavy atom. The number of amides is 1. The molecule has 0 saturated heterocycles. The van der Waals surface area contributed by atoms with E-state index in [-0.39, 0.29) is 5.91 Å². The molecule has 0 bridgehead atoms. The van der Waals surface area contributed by atoms with Crippen molar-refractivity contribution >= 4 is 17.3 Å². The average molecular weight is 307 g/mol. The molecule has 2 aromatic rings. The van der Waals surface area contributed by atoms with E-state index in [0.717, 1.165) is 12.1 Å². The highest BCUT2D eigenvalue weighted by Crippen LogP contribution is 2.19. The van der Waals surface area contributed by atoms with Crippen molar-refractivity contribution in [2.45, 2.75) is 0 Å². The molecule has 2 N–H and O–H groups in total. The molecule has 1 aromatic heterocycles. The summed E-state index contributed by atoms with van der Waals surface area (Å²) in [5, 5.41) is 5.53. The summed E-state index contributed by atoms with van der Waals surface area (Å²) < 4.78 is 30.9. The number of rotatable bonds is 6. The summed E-state index contributed by atoms with van der Waals surface area (Å²) in [5.74, 6) is -2.17. The van der Waals surface area contributed by atoms with E-state index >= 15 is 0 Å². The molecular weight excluding hydrogens is 292 g/mol. The minimum Gasteiger partial charge on any atom is -0.383 e. The fraction of sp³-hybridized carbons (Fsp3) is 0.200. The van der Waals surface area contributed by atoms with Gasteiger partial charge >= 0.3 is 0 Å². The molecule has 0 saturated carbocycles. The first-order chi connectivity index (χ1) is 10.6. The number of nitrogens with one attached hydrogen (secondary N) is 2. The maximum absolute atomic E-state index is 13.2. The quantitative estimate of drug-likeness (QED) is 0.805. The van der Waals surface area contributed by atoms with Crippen LogP contribution in [0.4, 0.5) is 20.2 Å². The molecule has 1 heterocycles. The van der Waals surface area contributed by atoms with Gasteiger partial charge in [-0.2, -0.15) is 0 Å². The fourth-order valence-electron chi connectivity index (χ4n) is 1.74. The number of nitrogens with zero attached hydrogens (tertiary/aromatic N) is 1. The van der Waals surface area contributed by atoms with Crippen LogP contribution in [-0.2, 0) is 4.74 Å². The van der Waals surface area contributed by atoms with Gasteiger partial charge in [-0.1, -0.05) is 0 Å². The Labute approximate surface area is 126 Å². The monoisotopic (exact) mass is 307 g/mol. The van der Waals surface area contributed by atoms with Gasteiger partial charge in [-0.3, -0.25) is 9.78 Å². The number of carbonyl (C=O) groups is 1. The van der Waals surface area contributed by atoms with Crippen LogP contribution in [0.1, 0.15) is 10.4 Å². The number of pyridine rings is 1. The largest absolute Gasteiger partial charge is 0.383 e. The molecule has 116 valence electrons. The van der Waals surface area contributed by atoms with E-state index in [9.17, 15) is 13.6 Å². The van der Waals surface area contributed by atoms with Crippen LogP contribution in [0.25, 0.3) is 0 Å². The van der Waals surface area contributed by atoms with E-state index in [1.807, 2.05) is 0 Å². The minimum atomic E-state index is -0.952. The molecule has 0 unspecified atom stereocenters. The van der Waals surface area contributed by atoms with E-state index in [1.165, 1.54) is 18.5 Å². The van der Waals surface area contributed by atoms with Crippen LogP contribution in [0.5, 0.6) is 0 Å². The molecule has 0 spiro atoms. The van der Waals surface area contributed by atoms with Crippen LogP contribution < -0.4 is 10.6 Å². The highest BCUT2D eigenvalue weighted by Gasteiger charge is 2.07. The summed E-state index contributed by atoms with van der Waals surface area (Å²) in [6.07, 6.45) is 2.89. The van der Waals surface area contributed by atoms with E-state index in [0.29, 0.717) is 30.1 Å². The number of carbonyl (C=O) groups excluding carboxylic acids is 1. The second-order valence-corrected chi connectivity index (χ2v) is 4.46. The highest BCUT2D eigenvalue weighted by molar-refractivity contribution is 5.94. The number of hydrogen-bond acceptors (Lipinski definition) is 4. The van der Waals surface area contributed by atoms with E-state index < -0.39 is 11.6 Å². The van der Waals surface area contributed by atoms with Gasteiger partial charge in [0.15, 0.2) is 11.6 Å². The van der Waals surface area contributed by atoms with Crippen LogP contribution >= 0.6 is 0 Å². The highest BCUT2D eigenvalue weighted by atomic mass is 19.2. The van der Waals surface area contributed by atoms with Gasteiger partial charge in [0.25, 0.3) is 5.91 Å². The third kappa shape index (κ3) is 4.23. The number of benzene rings is 1. The molecule has 0 atom stereocenters. The van der Waals surface area contributed by atoms with Gasteiger partial charge in [0.05, 0.1) is 24.1 Å². The number of aromatic nitrogens is 1.